The predicted molar refractivity (Wildman–Crippen MR) is 156 cm³/mol. The minimum Gasteiger partial charge on any atom is -0.493 e. The lowest BCUT2D eigenvalue weighted by atomic mass is 10.1. The number of thiocarbonyl (C=S) groups is 1. The molecule has 0 atom stereocenters. The molecule has 1 aliphatic heterocycles. The molecular weight excluding hydrogens is 608 g/mol. The number of carbonyl (C=O) groups excluding carboxylic acids is 1. The van der Waals surface area contributed by atoms with Gasteiger partial charge in [-0.15, -0.1) is 0 Å². The van der Waals surface area contributed by atoms with E-state index in [2.05, 4.69) is 22.6 Å². The highest BCUT2D eigenvalue weighted by molar-refractivity contribution is 14.1. The van der Waals surface area contributed by atoms with E-state index in [0.29, 0.717) is 26.3 Å². The molecule has 4 aromatic carbocycles. The maximum absolute atomic E-state index is 14.0. The molecule has 5 rings (SSSR count). The van der Waals surface area contributed by atoms with Crippen LogP contribution in [-0.4, -0.2) is 17.3 Å². The van der Waals surface area contributed by atoms with Crippen LogP contribution in [0.3, 0.4) is 0 Å². The van der Waals surface area contributed by atoms with Crippen LogP contribution in [0.4, 0.5) is 10.1 Å². The first kappa shape index (κ1) is 24.7. The van der Waals surface area contributed by atoms with Crippen LogP contribution in [0.25, 0.3) is 16.8 Å². The van der Waals surface area contributed by atoms with Crippen molar-refractivity contribution in [1.82, 2.24) is 0 Å². The third kappa shape index (κ3) is 4.85. The molecule has 1 heterocycles. The van der Waals surface area contributed by atoms with E-state index in [9.17, 15) is 9.18 Å². The van der Waals surface area contributed by atoms with E-state index in [-0.39, 0.29) is 18.3 Å². The first-order valence-corrected chi connectivity index (χ1v) is 13.3. The number of anilines is 1. The smallest absolute Gasteiger partial charge is 0.270 e. The molecule has 0 aromatic heterocycles. The Hall–Kier alpha value is -2.95. The van der Waals surface area contributed by atoms with Crippen molar-refractivity contribution in [3.8, 4) is 11.5 Å². The van der Waals surface area contributed by atoms with Gasteiger partial charge in [-0.25, -0.2) is 4.39 Å². The van der Waals surface area contributed by atoms with Gasteiger partial charge in [-0.3, -0.25) is 9.69 Å². The van der Waals surface area contributed by atoms with E-state index in [0.717, 1.165) is 25.6 Å². The van der Waals surface area contributed by atoms with Gasteiger partial charge in [0.1, 0.15) is 12.4 Å². The molecule has 4 aromatic rings. The Morgan fingerprint density at radius 2 is 1.81 bits per heavy atom. The van der Waals surface area contributed by atoms with Crippen LogP contribution < -0.4 is 14.4 Å². The zero-order chi connectivity index (χ0) is 25.2. The number of carbonyl (C=O) groups is 1. The SMILES string of the molecule is COc1cc(/C=C2\SC(=S)N(c3cccc4ccccc34)C2=O)cc(I)c1OCc1ccccc1F. The molecule has 1 amide bonds. The van der Waals surface area contributed by atoms with Gasteiger partial charge in [0.15, 0.2) is 15.8 Å². The van der Waals surface area contributed by atoms with Crippen LogP contribution in [0.2, 0.25) is 0 Å². The second-order valence-electron chi connectivity index (χ2n) is 7.93. The van der Waals surface area contributed by atoms with Crippen molar-refractivity contribution in [3.05, 3.63) is 104 Å². The summed E-state index contributed by atoms with van der Waals surface area (Å²) in [6, 6.07) is 23.9. The fourth-order valence-electron chi connectivity index (χ4n) is 3.96. The zero-order valence-electron chi connectivity index (χ0n) is 19.0. The summed E-state index contributed by atoms with van der Waals surface area (Å²) in [7, 11) is 1.55. The maximum atomic E-state index is 14.0. The highest BCUT2D eigenvalue weighted by Gasteiger charge is 2.34. The summed E-state index contributed by atoms with van der Waals surface area (Å²) in [5.41, 5.74) is 1.99. The first-order valence-electron chi connectivity index (χ1n) is 11.0. The minimum absolute atomic E-state index is 0.0715. The minimum atomic E-state index is -0.323. The van der Waals surface area contributed by atoms with Crippen LogP contribution in [-0.2, 0) is 11.4 Å². The molecule has 0 N–H and O–H groups in total. The van der Waals surface area contributed by atoms with Crippen molar-refractivity contribution >= 4 is 79.3 Å². The summed E-state index contributed by atoms with van der Waals surface area (Å²) in [5, 5.41) is 2.00. The number of benzene rings is 4. The van der Waals surface area contributed by atoms with E-state index >= 15 is 0 Å². The third-order valence-electron chi connectivity index (χ3n) is 5.68. The fourth-order valence-corrected chi connectivity index (χ4v) is 6.02. The Morgan fingerprint density at radius 3 is 2.61 bits per heavy atom. The second kappa shape index (κ2) is 10.6. The van der Waals surface area contributed by atoms with Crippen molar-refractivity contribution in [3.63, 3.8) is 0 Å². The summed E-state index contributed by atoms with van der Waals surface area (Å²) in [6.45, 7) is 0.0715. The molecule has 0 radical (unpaired) electrons. The van der Waals surface area contributed by atoms with Gasteiger partial charge in [-0.1, -0.05) is 78.6 Å². The highest BCUT2D eigenvalue weighted by Crippen LogP contribution is 2.40. The van der Waals surface area contributed by atoms with Gasteiger partial charge in [0, 0.05) is 10.9 Å². The van der Waals surface area contributed by atoms with Crippen molar-refractivity contribution in [2.75, 3.05) is 12.0 Å². The molecule has 36 heavy (non-hydrogen) atoms. The number of methoxy groups -OCH3 is 1. The summed E-state index contributed by atoms with van der Waals surface area (Å²) in [6.07, 6.45) is 1.80. The Kier molecular flexibility index (Phi) is 7.27. The monoisotopic (exact) mass is 627 g/mol. The zero-order valence-corrected chi connectivity index (χ0v) is 22.8. The molecule has 1 fully saturated rings. The van der Waals surface area contributed by atoms with Crippen LogP contribution in [0, 0.1) is 9.39 Å². The van der Waals surface area contributed by atoms with E-state index in [4.69, 9.17) is 21.7 Å². The summed E-state index contributed by atoms with van der Waals surface area (Å²) in [4.78, 5) is 15.5. The predicted octanol–water partition coefficient (Wildman–Crippen LogP) is 7.58. The van der Waals surface area contributed by atoms with Gasteiger partial charge in [-0.2, -0.15) is 0 Å². The topological polar surface area (TPSA) is 38.8 Å². The van der Waals surface area contributed by atoms with Crippen LogP contribution in [0.15, 0.2) is 83.8 Å². The standard InChI is InChI=1S/C28H19FINO3S2/c1-33-24-14-17(13-22(30)26(24)34-16-19-8-3-5-11-21(19)29)15-25-27(32)31(28(35)36-25)23-12-6-9-18-7-2-4-10-20(18)23/h2-15H,16H2,1H3/b25-15-. The number of hydrogen-bond donors (Lipinski definition) is 0. The Balaban J connectivity index is 1.43. The Morgan fingerprint density at radius 1 is 1.06 bits per heavy atom. The molecule has 180 valence electrons. The molecule has 8 heteroatoms. The lowest BCUT2D eigenvalue weighted by Gasteiger charge is -2.17. The van der Waals surface area contributed by atoms with Gasteiger partial charge in [0.25, 0.3) is 5.91 Å². The average molecular weight is 628 g/mol. The number of ether oxygens (including phenoxy) is 2. The first-order chi connectivity index (χ1) is 17.5. The molecule has 0 saturated carbocycles. The largest absolute Gasteiger partial charge is 0.493 e. The molecule has 0 spiro atoms. The van der Waals surface area contributed by atoms with E-state index in [1.165, 1.54) is 17.8 Å². The van der Waals surface area contributed by atoms with Gasteiger partial charge >= 0.3 is 0 Å². The van der Waals surface area contributed by atoms with Crippen molar-refractivity contribution in [1.29, 1.82) is 0 Å². The summed E-state index contributed by atoms with van der Waals surface area (Å²) >= 11 is 9.01. The Bertz CT molecular complexity index is 1530. The number of amides is 1. The van der Waals surface area contributed by atoms with Crippen molar-refractivity contribution in [2.45, 2.75) is 6.61 Å². The highest BCUT2D eigenvalue weighted by atomic mass is 127. The third-order valence-corrected chi connectivity index (χ3v) is 7.78. The lowest BCUT2D eigenvalue weighted by Crippen LogP contribution is -2.27. The number of fused-ring (bicyclic) bond motifs is 1. The van der Waals surface area contributed by atoms with Gasteiger partial charge < -0.3 is 9.47 Å². The molecule has 1 aliphatic rings. The number of rotatable bonds is 6. The molecule has 1 saturated heterocycles. The van der Waals surface area contributed by atoms with Crippen LogP contribution >= 0.6 is 46.6 Å². The molecule has 4 nitrogen and oxygen atoms in total. The van der Waals surface area contributed by atoms with Gasteiger partial charge in [0.2, 0.25) is 0 Å². The fraction of sp³-hybridized carbons (Fsp3) is 0.0714. The lowest BCUT2D eigenvalue weighted by molar-refractivity contribution is -0.113. The van der Waals surface area contributed by atoms with Gasteiger partial charge in [-0.05, 0) is 63.9 Å². The van der Waals surface area contributed by atoms with Gasteiger partial charge in [0.05, 0.1) is 21.3 Å². The summed E-state index contributed by atoms with van der Waals surface area (Å²) in [5.74, 6) is 0.516. The molecule has 0 bridgehead atoms. The molecule has 0 aliphatic carbocycles. The van der Waals surface area contributed by atoms with E-state index < -0.39 is 0 Å². The van der Waals surface area contributed by atoms with E-state index in [1.807, 2.05) is 48.5 Å². The second-order valence-corrected chi connectivity index (χ2v) is 10.8. The number of hydrogen-bond acceptors (Lipinski definition) is 5. The normalized spacial score (nSPS) is 14.6. The maximum Gasteiger partial charge on any atom is 0.270 e. The van der Waals surface area contributed by atoms with Crippen LogP contribution in [0.5, 0.6) is 11.5 Å². The number of halogens is 2. The average Bonchev–Trinajstić information content (AvgIpc) is 3.15. The quantitative estimate of drug-likeness (QED) is 0.125. The molecule has 0 unspecified atom stereocenters. The van der Waals surface area contributed by atoms with Crippen molar-refractivity contribution < 1.29 is 18.7 Å². The van der Waals surface area contributed by atoms with Crippen molar-refractivity contribution in [2.24, 2.45) is 0 Å². The summed E-state index contributed by atoms with van der Waals surface area (Å²) < 4.78 is 26.7. The van der Waals surface area contributed by atoms with E-state index in [1.54, 1.807) is 42.4 Å². The Labute approximate surface area is 231 Å². The van der Waals surface area contributed by atoms with Crippen LogP contribution in [0.1, 0.15) is 11.1 Å². The number of thioether (sulfide) groups is 1. The number of nitrogens with zero attached hydrogens (tertiary/aromatic N) is 1. The molecular formula is C28H19FINO3S2.